The van der Waals surface area contributed by atoms with Gasteiger partial charge in [0.25, 0.3) is 0 Å². The summed E-state index contributed by atoms with van der Waals surface area (Å²) in [6.45, 7) is 2.18. The van der Waals surface area contributed by atoms with Crippen LogP contribution in [-0.2, 0) is 4.74 Å². The van der Waals surface area contributed by atoms with Crippen LogP contribution in [0.15, 0.2) is 24.3 Å². The molecule has 0 N–H and O–H groups in total. The Labute approximate surface area is 106 Å². The molecule has 0 bridgehead atoms. The van der Waals surface area contributed by atoms with Crippen LogP contribution >= 0.6 is 11.8 Å². The SMILES string of the molecule is COC(=O)c1ccc(C#CC2(C)CSC2)cc1. The van der Waals surface area contributed by atoms with Gasteiger partial charge in [-0.15, -0.1) is 0 Å². The molecule has 2 rings (SSSR count). The van der Waals surface area contributed by atoms with Gasteiger partial charge in [0.15, 0.2) is 0 Å². The first-order chi connectivity index (χ1) is 8.13. The van der Waals surface area contributed by atoms with Gasteiger partial charge in [-0.1, -0.05) is 11.8 Å². The van der Waals surface area contributed by atoms with Crippen LogP contribution in [0.25, 0.3) is 0 Å². The Morgan fingerprint density at radius 2 is 2.00 bits per heavy atom. The number of rotatable bonds is 1. The molecule has 1 saturated heterocycles. The zero-order chi connectivity index (χ0) is 12.3. The van der Waals surface area contributed by atoms with E-state index in [4.69, 9.17) is 0 Å². The molecule has 1 aliphatic rings. The average molecular weight is 246 g/mol. The topological polar surface area (TPSA) is 26.3 Å². The lowest BCUT2D eigenvalue weighted by Crippen LogP contribution is -2.30. The molecule has 1 heterocycles. The number of thioether (sulfide) groups is 1. The zero-order valence-electron chi connectivity index (χ0n) is 9.95. The highest BCUT2D eigenvalue weighted by Crippen LogP contribution is 2.36. The van der Waals surface area contributed by atoms with Crippen molar-refractivity contribution in [2.24, 2.45) is 5.41 Å². The van der Waals surface area contributed by atoms with Crippen LogP contribution in [-0.4, -0.2) is 24.6 Å². The maximum Gasteiger partial charge on any atom is 0.337 e. The highest BCUT2D eigenvalue weighted by molar-refractivity contribution is 8.00. The largest absolute Gasteiger partial charge is 0.465 e. The van der Waals surface area contributed by atoms with E-state index >= 15 is 0 Å². The molecule has 88 valence electrons. The molecule has 0 spiro atoms. The first kappa shape index (κ1) is 12.1. The van der Waals surface area contributed by atoms with Crippen molar-refractivity contribution < 1.29 is 9.53 Å². The molecule has 1 aromatic carbocycles. The number of carbonyl (C=O) groups excluding carboxylic acids is 1. The van der Waals surface area contributed by atoms with E-state index in [1.165, 1.54) is 7.11 Å². The lowest BCUT2D eigenvalue weighted by atomic mass is 9.95. The van der Waals surface area contributed by atoms with Gasteiger partial charge in [0.05, 0.1) is 12.7 Å². The van der Waals surface area contributed by atoms with E-state index in [9.17, 15) is 4.79 Å². The normalized spacial score (nSPS) is 16.4. The fraction of sp³-hybridized carbons (Fsp3) is 0.357. The van der Waals surface area contributed by atoms with E-state index in [0.717, 1.165) is 17.1 Å². The lowest BCUT2D eigenvalue weighted by Gasteiger charge is -2.32. The van der Waals surface area contributed by atoms with E-state index in [0.29, 0.717) is 5.56 Å². The minimum Gasteiger partial charge on any atom is -0.465 e. The van der Waals surface area contributed by atoms with Crippen molar-refractivity contribution in [3.8, 4) is 11.8 Å². The van der Waals surface area contributed by atoms with Crippen LogP contribution in [0.3, 0.4) is 0 Å². The summed E-state index contributed by atoms with van der Waals surface area (Å²) in [7, 11) is 1.38. The summed E-state index contributed by atoms with van der Waals surface area (Å²) < 4.78 is 4.64. The molecule has 2 nitrogen and oxygen atoms in total. The number of esters is 1. The van der Waals surface area contributed by atoms with E-state index in [2.05, 4.69) is 23.5 Å². The summed E-state index contributed by atoms with van der Waals surface area (Å²) in [6, 6.07) is 7.20. The van der Waals surface area contributed by atoms with Gasteiger partial charge < -0.3 is 4.74 Å². The number of benzene rings is 1. The lowest BCUT2D eigenvalue weighted by molar-refractivity contribution is 0.0601. The van der Waals surface area contributed by atoms with Gasteiger partial charge in [-0.25, -0.2) is 4.79 Å². The first-order valence-electron chi connectivity index (χ1n) is 5.42. The minimum atomic E-state index is -0.313. The Balaban J connectivity index is 2.10. The molecule has 1 aliphatic heterocycles. The zero-order valence-corrected chi connectivity index (χ0v) is 10.8. The number of ether oxygens (including phenoxy) is 1. The molecule has 0 saturated carbocycles. The van der Waals surface area contributed by atoms with Crippen LogP contribution < -0.4 is 0 Å². The molecule has 0 atom stereocenters. The van der Waals surface area contributed by atoms with Crippen LogP contribution in [0.1, 0.15) is 22.8 Å². The van der Waals surface area contributed by atoms with Gasteiger partial charge in [0.1, 0.15) is 0 Å². The van der Waals surface area contributed by atoms with Gasteiger partial charge in [0.2, 0.25) is 0 Å². The quantitative estimate of drug-likeness (QED) is 0.563. The molecule has 3 heteroatoms. The number of carbonyl (C=O) groups is 1. The van der Waals surface area contributed by atoms with Crippen LogP contribution in [0.5, 0.6) is 0 Å². The molecule has 1 fully saturated rings. The number of hydrogen-bond donors (Lipinski definition) is 0. The van der Waals surface area contributed by atoms with Gasteiger partial charge in [-0.05, 0) is 31.2 Å². The Morgan fingerprint density at radius 3 is 2.47 bits per heavy atom. The summed E-state index contributed by atoms with van der Waals surface area (Å²) in [4.78, 5) is 11.2. The maximum atomic E-state index is 11.2. The van der Waals surface area contributed by atoms with Crippen molar-refractivity contribution in [1.29, 1.82) is 0 Å². The molecule has 0 aromatic heterocycles. The predicted molar refractivity (Wildman–Crippen MR) is 70.1 cm³/mol. The average Bonchev–Trinajstić information content (AvgIpc) is 2.33. The summed E-state index contributed by atoms with van der Waals surface area (Å²) in [5.41, 5.74) is 1.67. The van der Waals surface area contributed by atoms with Crippen molar-refractivity contribution in [2.75, 3.05) is 18.6 Å². The maximum absolute atomic E-state index is 11.2. The molecule has 1 aromatic rings. The number of hydrogen-bond acceptors (Lipinski definition) is 3. The highest BCUT2D eigenvalue weighted by Gasteiger charge is 2.30. The van der Waals surface area contributed by atoms with E-state index in [-0.39, 0.29) is 11.4 Å². The second-order valence-corrected chi connectivity index (χ2v) is 5.36. The smallest absolute Gasteiger partial charge is 0.337 e. The predicted octanol–water partition coefficient (Wildman–Crippen LogP) is 2.58. The Morgan fingerprint density at radius 1 is 1.35 bits per heavy atom. The third-order valence-electron chi connectivity index (χ3n) is 2.66. The van der Waals surface area contributed by atoms with Crippen molar-refractivity contribution in [3.05, 3.63) is 35.4 Å². The molecular weight excluding hydrogens is 232 g/mol. The number of methoxy groups -OCH3 is 1. The molecule has 0 unspecified atom stereocenters. The van der Waals surface area contributed by atoms with Crippen LogP contribution in [0, 0.1) is 17.3 Å². The Hall–Kier alpha value is -1.40. The van der Waals surface area contributed by atoms with Crippen LogP contribution in [0.2, 0.25) is 0 Å². The highest BCUT2D eigenvalue weighted by atomic mass is 32.2. The fourth-order valence-corrected chi connectivity index (χ4v) is 2.47. The van der Waals surface area contributed by atoms with Gasteiger partial charge in [-0.2, -0.15) is 11.8 Å². The third kappa shape index (κ3) is 2.83. The van der Waals surface area contributed by atoms with Gasteiger partial charge in [0, 0.05) is 22.5 Å². The van der Waals surface area contributed by atoms with E-state index in [1.807, 2.05) is 23.9 Å². The molecule has 0 radical (unpaired) electrons. The third-order valence-corrected chi connectivity index (χ3v) is 4.34. The fourth-order valence-electron chi connectivity index (χ4n) is 1.51. The second kappa shape index (κ2) is 4.85. The minimum absolute atomic E-state index is 0.172. The first-order valence-corrected chi connectivity index (χ1v) is 6.58. The summed E-state index contributed by atoms with van der Waals surface area (Å²) in [6.07, 6.45) is 0. The van der Waals surface area contributed by atoms with Crippen molar-refractivity contribution in [3.63, 3.8) is 0 Å². The Bertz CT molecular complexity index is 475. The van der Waals surface area contributed by atoms with Gasteiger partial charge in [-0.3, -0.25) is 0 Å². The summed E-state index contributed by atoms with van der Waals surface area (Å²) >= 11 is 1.92. The second-order valence-electron chi connectivity index (χ2n) is 4.37. The van der Waals surface area contributed by atoms with Crippen LogP contribution in [0.4, 0.5) is 0 Å². The van der Waals surface area contributed by atoms with Gasteiger partial charge >= 0.3 is 5.97 Å². The Kier molecular flexibility index (Phi) is 3.44. The molecule has 17 heavy (non-hydrogen) atoms. The molecule has 0 aliphatic carbocycles. The monoisotopic (exact) mass is 246 g/mol. The molecule has 0 amide bonds. The molecular formula is C14H14O2S. The summed E-state index contributed by atoms with van der Waals surface area (Å²) in [5, 5.41) is 0. The van der Waals surface area contributed by atoms with E-state index < -0.39 is 0 Å². The van der Waals surface area contributed by atoms with E-state index in [1.54, 1.807) is 12.1 Å². The summed E-state index contributed by atoms with van der Waals surface area (Å²) in [5.74, 6) is 8.35. The van der Waals surface area contributed by atoms with Crippen molar-refractivity contribution in [1.82, 2.24) is 0 Å². The van der Waals surface area contributed by atoms with Crippen molar-refractivity contribution in [2.45, 2.75) is 6.92 Å². The standard InChI is InChI=1S/C14H14O2S/c1-14(9-17-10-14)8-7-11-3-5-12(6-4-11)13(15)16-2/h3-6H,9-10H2,1-2H3. The van der Waals surface area contributed by atoms with Crippen molar-refractivity contribution >= 4 is 17.7 Å².